The van der Waals surface area contributed by atoms with Crippen molar-refractivity contribution in [3.8, 4) is 5.75 Å². The summed E-state index contributed by atoms with van der Waals surface area (Å²) in [5.41, 5.74) is 6.48. The van der Waals surface area contributed by atoms with Crippen molar-refractivity contribution in [1.82, 2.24) is 0 Å². The first-order chi connectivity index (χ1) is 9.40. The molecule has 8 heteroatoms. The number of benzene rings is 1. The van der Waals surface area contributed by atoms with Crippen LogP contribution in [0, 0.1) is 0 Å². The van der Waals surface area contributed by atoms with Gasteiger partial charge in [-0.3, -0.25) is 0 Å². The largest absolute Gasteiger partial charge is 0.461 e. The Morgan fingerprint density at radius 2 is 1.86 bits per heavy atom. The summed E-state index contributed by atoms with van der Waals surface area (Å²) in [6.07, 6.45) is -8.41. The van der Waals surface area contributed by atoms with Crippen molar-refractivity contribution in [2.75, 3.05) is 0 Å². The van der Waals surface area contributed by atoms with Crippen molar-refractivity contribution >= 4 is 23.7 Å². The average Bonchev–Trinajstić information content (AvgIpc) is 2.91. The molecule has 0 aliphatic carbocycles. The second-order valence-electron chi connectivity index (χ2n) is 4.03. The van der Waals surface area contributed by atoms with Crippen LogP contribution in [0.3, 0.4) is 0 Å². The molecule has 2 N–H and O–H groups in total. The Labute approximate surface area is 128 Å². The van der Waals surface area contributed by atoms with E-state index in [1.54, 1.807) is 12.1 Å². The zero-order valence-electron chi connectivity index (χ0n) is 10.5. The normalized spacial score (nSPS) is 12.9. The highest BCUT2D eigenvalue weighted by Crippen LogP contribution is 2.30. The summed E-state index contributed by atoms with van der Waals surface area (Å²) in [4.78, 5) is 0.836. The molecule has 1 heterocycles. The van der Waals surface area contributed by atoms with E-state index < -0.39 is 18.6 Å². The van der Waals surface area contributed by atoms with Gasteiger partial charge in [0.2, 0.25) is 0 Å². The van der Waals surface area contributed by atoms with E-state index in [2.05, 4.69) is 4.74 Å². The fraction of sp³-hybridized carbons (Fsp3) is 0.231. The molecule has 21 heavy (non-hydrogen) atoms. The molecule has 2 aromatic rings. The van der Waals surface area contributed by atoms with Crippen LogP contribution in [0.5, 0.6) is 5.75 Å². The van der Waals surface area contributed by atoms with Crippen LogP contribution in [0.15, 0.2) is 41.8 Å². The average molecular weight is 342 g/mol. The SMILES string of the molecule is Cl.N[C@@H](c1cccc(OC(F)(F)C(F)F)c1)c1cccs1. The van der Waals surface area contributed by atoms with Gasteiger partial charge in [0.05, 0.1) is 6.04 Å². The standard InChI is InChI=1S/C13H11F4NOS.ClH/c14-12(15)13(16,17)19-9-4-1-3-8(7-9)11(18)10-5-2-6-20-10;/h1-7,11-12H,18H2;1H/t11-;/m0./s1. The van der Waals surface area contributed by atoms with Crippen molar-refractivity contribution in [2.24, 2.45) is 5.73 Å². The second-order valence-corrected chi connectivity index (χ2v) is 5.01. The van der Waals surface area contributed by atoms with Crippen LogP contribution in [-0.4, -0.2) is 12.5 Å². The van der Waals surface area contributed by atoms with E-state index in [4.69, 9.17) is 5.73 Å². The minimum Gasteiger partial charge on any atom is -0.428 e. The molecule has 0 saturated heterocycles. The summed E-state index contributed by atoms with van der Waals surface area (Å²) in [5, 5.41) is 1.83. The van der Waals surface area contributed by atoms with Gasteiger partial charge in [0.15, 0.2) is 0 Å². The van der Waals surface area contributed by atoms with E-state index in [9.17, 15) is 17.6 Å². The monoisotopic (exact) mass is 341 g/mol. The summed E-state index contributed by atoms with van der Waals surface area (Å²) < 4.78 is 53.9. The van der Waals surface area contributed by atoms with Crippen molar-refractivity contribution in [2.45, 2.75) is 18.6 Å². The van der Waals surface area contributed by atoms with E-state index in [1.165, 1.54) is 29.5 Å². The fourth-order valence-electron chi connectivity index (χ4n) is 1.61. The second kappa shape index (κ2) is 7.11. The number of hydrogen-bond acceptors (Lipinski definition) is 3. The summed E-state index contributed by atoms with van der Waals surface area (Å²) in [6.45, 7) is 0. The number of halogens is 5. The zero-order chi connectivity index (χ0) is 14.8. The molecule has 0 unspecified atom stereocenters. The van der Waals surface area contributed by atoms with Crippen LogP contribution in [0.1, 0.15) is 16.5 Å². The van der Waals surface area contributed by atoms with Gasteiger partial charge < -0.3 is 10.5 Å². The molecular formula is C13H12ClF4NOS. The highest BCUT2D eigenvalue weighted by molar-refractivity contribution is 7.10. The van der Waals surface area contributed by atoms with E-state index in [1.807, 2.05) is 11.4 Å². The van der Waals surface area contributed by atoms with Crippen molar-refractivity contribution < 1.29 is 22.3 Å². The van der Waals surface area contributed by atoms with Crippen LogP contribution in [0.4, 0.5) is 17.6 Å². The summed E-state index contributed by atoms with van der Waals surface area (Å²) in [5.74, 6) is -0.347. The molecule has 0 aliphatic heterocycles. The van der Waals surface area contributed by atoms with E-state index in [-0.39, 0.29) is 18.2 Å². The minimum absolute atomic E-state index is 0. The molecule has 0 saturated carbocycles. The summed E-state index contributed by atoms with van der Waals surface area (Å²) in [7, 11) is 0. The lowest BCUT2D eigenvalue weighted by atomic mass is 10.1. The van der Waals surface area contributed by atoms with Gasteiger partial charge in [-0.2, -0.15) is 17.6 Å². The Balaban J connectivity index is 0.00000220. The van der Waals surface area contributed by atoms with Crippen molar-refractivity contribution in [3.05, 3.63) is 52.2 Å². The zero-order valence-corrected chi connectivity index (χ0v) is 12.1. The summed E-state index contributed by atoms with van der Waals surface area (Å²) in [6, 6.07) is 8.57. The molecule has 0 amide bonds. The molecule has 2 nitrogen and oxygen atoms in total. The predicted octanol–water partition coefficient (Wildman–Crippen LogP) is 4.45. The first-order valence-corrected chi connectivity index (χ1v) is 6.52. The van der Waals surface area contributed by atoms with Gasteiger partial charge in [-0.15, -0.1) is 23.7 Å². The van der Waals surface area contributed by atoms with Gasteiger partial charge in [-0.1, -0.05) is 18.2 Å². The Kier molecular flexibility index (Phi) is 6.00. The lowest BCUT2D eigenvalue weighted by Gasteiger charge is -2.18. The van der Waals surface area contributed by atoms with Gasteiger partial charge in [0.1, 0.15) is 5.75 Å². The molecule has 1 aromatic carbocycles. The van der Waals surface area contributed by atoms with Crippen molar-refractivity contribution in [3.63, 3.8) is 0 Å². The third kappa shape index (κ3) is 4.33. The Hall–Kier alpha value is -1.31. The van der Waals surface area contributed by atoms with Crippen LogP contribution >= 0.6 is 23.7 Å². The molecule has 0 bridgehead atoms. The topological polar surface area (TPSA) is 35.2 Å². The first kappa shape index (κ1) is 17.7. The van der Waals surface area contributed by atoms with Gasteiger partial charge >= 0.3 is 12.5 Å². The Morgan fingerprint density at radius 1 is 1.14 bits per heavy atom. The van der Waals surface area contributed by atoms with E-state index >= 15 is 0 Å². The van der Waals surface area contributed by atoms with Crippen LogP contribution < -0.4 is 10.5 Å². The quantitative estimate of drug-likeness (QED) is 0.815. The van der Waals surface area contributed by atoms with Gasteiger partial charge in [-0.05, 0) is 29.1 Å². The number of ether oxygens (including phenoxy) is 1. The number of nitrogens with two attached hydrogens (primary N) is 1. The molecule has 2 rings (SSSR count). The minimum atomic E-state index is -4.52. The van der Waals surface area contributed by atoms with Crippen LogP contribution in [0.2, 0.25) is 0 Å². The predicted molar refractivity (Wildman–Crippen MR) is 75.6 cm³/mol. The Morgan fingerprint density at radius 3 is 2.43 bits per heavy atom. The van der Waals surface area contributed by atoms with Crippen molar-refractivity contribution in [1.29, 1.82) is 0 Å². The molecule has 1 atom stereocenters. The molecule has 116 valence electrons. The van der Waals surface area contributed by atoms with Gasteiger partial charge in [0.25, 0.3) is 0 Å². The smallest absolute Gasteiger partial charge is 0.428 e. The Bertz CT molecular complexity index is 565. The maximum absolute atomic E-state index is 12.8. The lowest BCUT2D eigenvalue weighted by Crippen LogP contribution is -2.33. The number of alkyl halides is 4. The third-order valence-electron chi connectivity index (χ3n) is 2.57. The maximum atomic E-state index is 12.8. The number of rotatable bonds is 5. The van der Waals surface area contributed by atoms with Crippen LogP contribution in [-0.2, 0) is 0 Å². The van der Waals surface area contributed by atoms with Gasteiger partial charge in [-0.25, -0.2) is 0 Å². The van der Waals surface area contributed by atoms with Crippen LogP contribution in [0.25, 0.3) is 0 Å². The van der Waals surface area contributed by atoms with E-state index in [0.29, 0.717) is 5.56 Å². The molecule has 0 fully saturated rings. The van der Waals surface area contributed by atoms with Gasteiger partial charge in [0, 0.05) is 4.88 Å². The molecule has 1 aromatic heterocycles. The third-order valence-corrected chi connectivity index (χ3v) is 3.53. The molecular weight excluding hydrogens is 330 g/mol. The van der Waals surface area contributed by atoms with E-state index in [0.717, 1.165) is 4.88 Å². The molecule has 0 aliphatic rings. The number of hydrogen-bond donors (Lipinski definition) is 1. The fourth-order valence-corrected chi connectivity index (χ4v) is 2.36. The first-order valence-electron chi connectivity index (χ1n) is 5.64. The lowest BCUT2D eigenvalue weighted by molar-refractivity contribution is -0.253. The highest BCUT2D eigenvalue weighted by Gasteiger charge is 2.44. The highest BCUT2D eigenvalue weighted by atomic mass is 35.5. The molecule has 0 spiro atoms. The maximum Gasteiger partial charge on any atom is 0.461 e. The molecule has 0 radical (unpaired) electrons. The summed E-state index contributed by atoms with van der Waals surface area (Å²) >= 11 is 1.42. The number of thiophene rings is 1.